The van der Waals surface area contributed by atoms with Gasteiger partial charge in [0.15, 0.2) is 0 Å². The second-order valence-electron chi connectivity index (χ2n) is 7.57. The predicted octanol–water partition coefficient (Wildman–Crippen LogP) is 3.21. The quantitative estimate of drug-likeness (QED) is 0.757. The van der Waals surface area contributed by atoms with Gasteiger partial charge in [-0.05, 0) is 49.3 Å². The molecule has 0 bridgehead atoms. The van der Waals surface area contributed by atoms with E-state index in [2.05, 4.69) is 5.32 Å². The highest BCUT2D eigenvalue weighted by atomic mass is 35.5. The van der Waals surface area contributed by atoms with Crippen molar-refractivity contribution in [1.29, 1.82) is 0 Å². The lowest BCUT2D eigenvalue weighted by molar-refractivity contribution is -0.124. The first-order valence-electron chi connectivity index (χ1n) is 8.68. The number of hydrogen-bond acceptors (Lipinski definition) is 3. The molecule has 138 valence electrons. The highest BCUT2D eigenvalue weighted by molar-refractivity contribution is 6.30. The Morgan fingerprint density at radius 3 is 2.60 bits per heavy atom. The number of rotatable bonds is 6. The number of amides is 1. The van der Waals surface area contributed by atoms with Crippen molar-refractivity contribution in [2.24, 2.45) is 17.6 Å². The molecule has 1 unspecified atom stereocenters. The maximum Gasteiger partial charge on any atom is 0.237 e. The van der Waals surface area contributed by atoms with Crippen LogP contribution in [0.25, 0.3) is 0 Å². The molecular weight excluding hydrogens is 343 g/mol. The molecule has 3 N–H and O–H groups in total. The maximum atomic E-state index is 13.3. The minimum absolute atomic E-state index is 0.0699. The molecule has 1 amide bonds. The molecule has 25 heavy (non-hydrogen) atoms. The van der Waals surface area contributed by atoms with Crippen LogP contribution >= 0.6 is 11.6 Å². The lowest BCUT2D eigenvalue weighted by atomic mass is 9.79. The molecule has 1 aliphatic rings. The van der Waals surface area contributed by atoms with Crippen LogP contribution in [-0.2, 0) is 15.0 Å². The zero-order valence-electron chi connectivity index (χ0n) is 14.7. The number of benzene rings is 1. The second-order valence-corrected chi connectivity index (χ2v) is 7.97. The van der Waals surface area contributed by atoms with E-state index < -0.39 is 17.3 Å². The first-order valence-corrected chi connectivity index (χ1v) is 9.06. The number of nitrogens with two attached hydrogens (primary N) is 1. The third-order valence-electron chi connectivity index (χ3n) is 5.23. The summed E-state index contributed by atoms with van der Waals surface area (Å²) in [6, 6.07) is 4.02. The van der Waals surface area contributed by atoms with Crippen molar-refractivity contribution >= 4 is 23.8 Å². The second kappa shape index (κ2) is 8.28. The molecule has 2 rings (SSSR count). The minimum Gasteiger partial charge on any atom is -0.354 e. The summed E-state index contributed by atoms with van der Waals surface area (Å²) in [7, 11) is 0. The van der Waals surface area contributed by atoms with E-state index in [1.165, 1.54) is 6.07 Å². The average Bonchev–Trinajstić information content (AvgIpc) is 2.61. The summed E-state index contributed by atoms with van der Waals surface area (Å²) in [5.41, 5.74) is 6.57. The van der Waals surface area contributed by atoms with Crippen LogP contribution in [0.15, 0.2) is 18.2 Å². The summed E-state index contributed by atoms with van der Waals surface area (Å²) in [5.74, 6) is -0.428. The van der Waals surface area contributed by atoms with E-state index >= 15 is 0 Å². The van der Waals surface area contributed by atoms with Gasteiger partial charge < -0.3 is 15.8 Å². The molecule has 1 aliphatic carbocycles. The van der Waals surface area contributed by atoms with Gasteiger partial charge in [0.1, 0.15) is 12.1 Å². The molecule has 0 aliphatic heterocycles. The van der Waals surface area contributed by atoms with Crippen molar-refractivity contribution in [2.75, 3.05) is 6.54 Å². The van der Waals surface area contributed by atoms with Gasteiger partial charge in [0.05, 0.1) is 11.1 Å². The molecule has 0 saturated heterocycles. The van der Waals surface area contributed by atoms with Gasteiger partial charge in [-0.2, -0.15) is 0 Å². The van der Waals surface area contributed by atoms with Crippen LogP contribution in [0.4, 0.5) is 4.39 Å². The molecule has 1 atom stereocenters. The Balaban J connectivity index is 1.91. The van der Waals surface area contributed by atoms with Crippen molar-refractivity contribution in [3.05, 3.63) is 34.6 Å². The zero-order valence-corrected chi connectivity index (χ0v) is 15.5. The van der Waals surface area contributed by atoms with E-state index in [0.29, 0.717) is 6.54 Å². The van der Waals surface area contributed by atoms with Gasteiger partial charge >= 0.3 is 0 Å². The summed E-state index contributed by atoms with van der Waals surface area (Å²) in [4.78, 5) is 23.2. The summed E-state index contributed by atoms with van der Waals surface area (Å²) in [6.07, 6.45) is 4.20. The van der Waals surface area contributed by atoms with Gasteiger partial charge in [-0.3, -0.25) is 4.79 Å². The Kier molecular flexibility index (Phi) is 6.58. The topological polar surface area (TPSA) is 72.2 Å². The van der Waals surface area contributed by atoms with Crippen molar-refractivity contribution in [3.63, 3.8) is 0 Å². The lowest BCUT2D eigenvalue weighted by Crippen LogP contribution is -2.49. The van der Waals surface area contributed by atoms with E-state index in [9.17, 15) is 14.0 Å². The Labute approximate surface area is 153 Å². The smallest absolute Gasteiger partial charge is 0.237 e. The summed E-state index contributed by atoms with van der Waals surface area (Å²) < 4.78 is 13.3. The summed E-state index contributed by atoms with van der Waals surface area (Å²) >= 11 is 5.85. The van der Waals surface area contributed by atoms with Crippen LogP contribution in [0.1, 0.15) is 45.1 Å². The van der Waals surface area contributed by atoms with Crippen LogP contribution in [0, 0.1) is 17.7 Å². The van der Waals surface area contributed by atoms with Crippen LogP contribution in [0.2, 0.25) is 5.02 Å². The van der Waals surface area contributed by atoms with Gasteiger partial charge in [0.25, 0.3) is 0 Å². The van der Waals surface area contributed by atoms with Gasteiger partial charge in [0, 0.05) is 17.9 Å². The molecule has 1 fully saturated rings. The Bertz CT molecular complexity index is 628. The van der Waals surface area contributed by atoms with E-state index in [4.69, 9.17) is 17.3 Å². The molecule has 4 nitrogen and oxygen atoms in total. The summed E-state index contributed by atoms with van der Waals surface area (Å²) in [5, 5.41) is 2.98. The average molecular weight is 369 g/mol. The molecule has 1 aromatic rings. The van der Waals surface area contributed by atoms with Gasteiger partial charge in [0.2, 0.25) is 5.91 Å². The van der Waals surface area contributed by atoms with Crippen LogP contribution in [0.5, 0.6) is 0 Å². The van der Waals surface area contributed by atoms with Crippen molar-refractivity contribution in [3.8, 4) is 0 Å². The van der Waals surface area contributed by atoms with E-state index in [0.717, 1.165) is 37.5 Å². The highest BCUT2D eigenvalue weighted by Crippen LogP contribution is 2.30. The molecule has 0 heterocycles. The van der Waals surface area contributed by atoms with Crippen molar-refractivity contribution in [1.82, 2.24) is 5.32 Å². The molecule has 0 spiro atoms. The third kappa shape index (κ3) is 5.02. The van der Waals surface area contributed by atoms with E-state index in [1.807, 2.05) is 13.8 Å². The zero-order chi connectivity index (χ0) is 18.6. The molecule has 0 aromatic heterocycles. The Hall–Kier alpha value is -1.46. The number of nitrogens with one attached hydrogen (secondary N) is 1. The Morgan fingerprint density at radius 2 is 2.04 bits per heavy atom. The highest BCUT2D eigenvalue weighted by Gasteiger charge is 2.30. The number of hydrogen-bond donors (Lipinski definition) is 2. The maximum absolute atomic E-state index is 13.3. The molecule has 0 radical (unpaired) electrons. The van der Waals surface area contributed by atoms with E-state index in [1.54, 1.807) is 12.1 Å². The summed E-state index contributed by atoms with van der Waals surface area (Å²) in [6.45, 7) is 4.29. The number of carbonyl (C=O) groups excluding carboxylic acids is 2. The molecular formula is C19H26ClFN2O2. The SMILES string of the molecule is CC(C)(CNC(=O)C(N)C1CCC(C=O)CC1)c1ccc(F)c(Cl)c1. The Morgan fingerprint density at radius 1 is 1.40 bits per heavy atom. The number of aldehydes is 1. The predicted molar refractivity (Wildman–Crippen MR) is 96.9 cm³/mol. The largest absolute Gasteiger partial charge is 0.354 e. The van der Waals surface area contributed by atoms with Gasteiger partial charge in [-0.15, -0.1) is 0 Å². The lowest BCUT2D eigenvalue weighted by Gasteiger charge is -2.31. The molecule has 1 saturated carbocycles. The fraction of sp³-hybridized carbons (Fsp3) is 0.579. The first-order chi connectivity index (χ1) is 11.7. The third-order valence-corrected chi connectivity index (χ3v) is 5.51. The monoisotopic (exact) mass is 368 g/mol. The fourth-order valence-corrected chi connectivity index (χ4v) is 3.48. The van der Waals surface area contributed by atoms with Gasteiger partial charge in [-0.25, -0.2) is 4.39 Å². The molecule has 6 heteroatoms. The molecule has 1 aromatic carbocycles. The van der Waals surface area contributed by atoms with Crippen LogP contribution in [0.3, 0.4) is 0 Å². The van der Waals surface area contributed by atoms with Crippen LogP contribution < -0.4 is 11.1 Å². The van der Waals surface area contributed by atoms with Crippen LogP contribution in [-0.4, -0.2) is 24.8 Å². The van der Waals surface area contributed by atoms with E-state index in [-0.39, 0.29) is 22.8 Å². The minimum atomic E-state index is -0.569. The van der Waals surface area contributed by atoms with Gasteiger partial charge in [-0.1, -0.05) is 31.5 Å². The normalized spacial score (nSPS) is 22.3. The standard InChI is InChI=1S/C19H26ClFN2O2/c1-19(2,14-7-8-16(21)15(20)9-14)11-23-18(25)17(22)13-5-3-12(10-24)4-6-13/h7-10,12-13,17H,3-6,11,22H2,1-2H3,(H,23,25). The van der Waals surface area contributed by atoms with Crippen molar-refractivity contribution < 1.29 is 14.0 Å². The number of carbonyl (C=O) groups is 2. The number of halogens is 2. The first kappa shape index (κ1) is 19.9. The fourth-order valence-electron chi connectivity index (χ4n) is 3.30. The van der Waals surface area contributed by atoms with Crippen molar-refractivity contribution in [2.45, 2.75) is 51.0 Å².